The van der Waals surface area contributed by atoms with Crippen molar-refractivity contribution in [2.45, 2.75) is 12.8 Å². The van der Waals surface area contributed by atoms with Crippen molar-refractivity contribution in [2.24, 2.45) is 0 Å². The molecule has 2 heteroatoms. The summed E-state index contributed by atoms with van der Waals surface area (Å²) in [6, 6.07) is 27.7. The maximum absolute atomic E-state index is 5.96. The zero-order valence-corrected chi connectivity index (χ0v) is 15.2. The van der Waals surface area contributed by atoms with Gasteiger partial charge in [0.25, 0.3) is 0 Å². The number of furan rings is 1. The van der Waals surface area contributed by atoms with E-state index in [1.807, 2.05) is 25.2 Å². The lowest BCUT2D eigenvalue weighted by Gasteiger charge is -2.12. The van der Waals surface area contributed by atoms with Crippen molar-refractivity contribution in [1.82, 2.24) is 5.32 Å². The van der Waals surface area contributed by atoms with Crippen LogP contribution in [0.15, 0.2) is 83.3 Å². The summed E-state index contributed by atoms with van der Waals surface area (Å²) in [5.41, 5.74) is 5.85. The molecule has 1 unspecified atom stereocenters. The van der Waals surface area contributed by atoms with E-state index in [2.05, 4.69) is 72.9 Å². The first-order valence-electron chi connectivity index (χ1n) is 9.08. The fraction of sp³-hybridized carbons (Fsp3) is 0.167. The average molecular weight is 341 g/mol. The molecule has 1 aromatic heterocycles. The van der Waals surface area contributed by atoms with Gasteiger partial charge in [0.05, 0.1) is 0 Å². The molecule has 26 heavy (non-hydrogen) atoms. The van der Waals surface area contributed by atoms with Crippen molar-refractivity contribution in [2.75, 3.05) is 13.6 Å². The van der Waals surface area contributed by atoms with Gasteiger partial charge in [0.1, 0.15) is 11.3 Å². The maximum Gasteiger partial charge on any atom is 0.135 e. The molecule has 4 aromatic rings. The summed E-state index contributed by atoms with van der Waals surface area (Å²) >= 11 is 0. The van der Waals surface area contributed by atoms with E-state index in [0.717, 1.165) is 28.8 Å². The highest BCUT2D eigenvalue weighted by Gasteiger charge is 2.07. The Morgan fingerprint density at radius 1 is 0.808 bits per heavy atom. The molecule has 0 fully saturated rings. The fourth-order valence-corrected chi connectivity index (χ4v) is 3.38. The molecule has 0 saturated carbocycles. The van der Waals surface area contributed by atoms with E-state index in [4.69, 9.17) is 4.42 Å². The SMILES string of the molecule is CNCC(C)c1ccc(-c2ccc(-c3cc4ccccc4o3)cc2)cc1. The van der Waals surface area contributed by atoms with Crippen molar-refractivity contribution in [3.05, 3.63) is 84.4 Å². The second-order valence-electron chi connectivity index (χ2n) is 6.81. The van der Waals surface area contributed by atoms with Crippen LogP contribution in [0.25, 0.3) is 33.4 Å². The lowest BCUT2D eigenvalue weighted by atomic mass is 9.97. The van der Waals surface area contributed by atoms with Crippen molar-refractivity contribution in [3.63, 3.8) is 0 Å². The van der Waals surface area contributed by atoms with E-state index < -0.39 is 0 Å². The minimum atomic E-state index is 0.518. The molecular formula is C24H23NO. The van der Waals surface area contributed by atoms with Gasteiger partial charge >= 0.3 is 0 Å². The number of rotatable bonds is 5. The molecule has 2 nitrogen and oxygen atoms in total. The van der Waals surface area contributed by atoms with E-state index in [0.29, 0.717) is 5.92 Å². The van der Waals surface area contributed by atoms with Gasteiger partial charge in [-0.25, -0.2) is 0 Å². The van der Waals surface area contributed by atoms with Gasteiger partial charge in [-0.1, -0.05) is 73.7 Å². The second kappa shape index (κ2) is 7.19. The molecule has 1 N–H and O–H groups in total. The first-order valence-corrected chi connectivity index (χ1v) is 9.08. The smallest absolute Gasteiger partial charge is 0.135 e. The van der Waals surface area contributed by atoms with Crippen molar-refractivity contribution < 1.29 is 4.42 Å². The summed E-state index contributed by atoms with van der Waals surface area (Å²) in [6.45, 7) is 3.24. The predicted molar refractivity (Wildman–Crippen MR) is 109 cm³/mol. The monoisotopic (exact) mass is 341 g/mol. The molecule has 0 spiro atoms. The van der Waals surface area contributed by atoms with Crippen LogP contribution in [0.2, 0.25) is 0 Å². The molecule has 0 aliphatic rings. The highest BCUT2D eigenvalue weighted by atomic mass is 16.3. The third-order valence-electron chi connectivity index (χ3n) is 4.92. The maximum atomic E-state index is 5.96. The number of fused-ring (bicyclic) bond motifs is 1. The standard InChI is InChI=1S/C24H23NO/c1-17(16-25-2)18-7-9-19(10-8-18)20-11-13-21(14-12-20)24-15-22-5-3-4-6-23(22)26-24/h3-15,17,25H,16H2,1-2H3. The molecule has 1 heterocycles. The van der Waals surface area contributed by atoms with Crippen LogP contribution in [0.5, 0.6) is 0 Å². The highest BCUT2D eigenvalue weighted by Crippen LogP contribution is 2.30. The third-order valence-corrected chi connectivity index (χ3v) is 4.92. The molecule has 0 bridgehead atoms. The van der Waals surface area contributed by atoms with E-state index in [1.165, 1.54) is 16.7 Å². The van der Waals surface area contributed by atoms with E-state index >= 15 is 0 Å². The van der Waals surface area contributed by atoms with Gasteiger partial charge in [-0.2, -0.15) is 0 Å². The summed E-state index contributed by atoms with van der Waals surface area (Å²) in [6.07, 6.45) is 0. The molecule has 3 aromatic carbocycles. The molecule has 0 aliphatic heterocycles. The Labute approximate surface area is 154 Å². The highest BCUT2D eigenvalue weighted by molar-refractivity contribution is 5.83. The fourth-order valence-electron chi connectivity index (χ4n) is 3.38. The van der Waals surface area contributed by atoms with Gasteiger partial charge in [0, 0.05) is 17.5 Å². The third kappa shape index (κ3) is 3.29. The molecule has 0 radical (unpaired) electrons. The number of hydrogen-bond donors (Lipinski definition) is 1. The molecule has 1 atom stereocenters. The summed E-state index contributed by atoms with van der Waals surface area (Å²) in [7, 11) is 1.99. The van der Waals surface area contributed by atoms with Crippen molar-refractivity contribution in [3.8, 4) is 22.5 Å². The van der Waals surface area contributed by atoms with Crippen molar-refractivity contribution >= 4 is 11.0 Å². The quantitative estimate of drug-likeness (QED) is 0.475. The van der Waals surface area contributed by atoms with Crippen LogP contribution in [0, 0.1) is 0 Å². The van der Waals surface area contributed by atoms with Gasteiger partial charge in [-0.15, -0.1) is 0 Å². The Morgan fingerprint density at radius 2 is 1.42 bits per heavy atom. The van der Waals surface area contributed by atoms with E-state index in [1.54, 1.807) is 0 Å². The summed E-state index contributed by atoms with van der Waals surface area (Å²) in [5, 5.41) is 4.37. The minimum Gasteiger partial charge on any atom is -0.456 e. The van der Waals surface area contributed by atoms with Crippen molar-refractivity contribution in [1.29, 1.82) is 0 Å². The van der Waals surface area contributed by atoms with Crippen LogP contribution in [-0.2, 0) is 0 Å². The number of nitrogens with one attached hydrogen (secondary N) is 1. The largest absolute Gasteiger partial charge is 0.456 e. The predicted octanol–water partition coefficient (Wildman–Crippen LogP) is 6.09. The van der Waals surface area contributed by atoms with E-state index in [-0.39, 0.29) is 0 Å². The molecule has 4 rings (SSSR count). The molecular weight excluding hydrogens is 318 g/mol. The van der Waals surface area contributed by atoms with Gasteiger partial charge in [0.15, 0.2) is 0 Å². The topological polar surface area (TPSA) is 25.2 Å². The summed E-state index contributed by atoms with van der Waals surface area (Å²) in [5.74, 6) is 1.43. The Kier molecular flexibility index (Phi) is 4.59. The van der Waals surface area contributed by atoms with E-state index in [9.17, 15) is 0 Å². The average Bonchev–Trinajstić information content (AvgIpc) is 3.13. The van der Waals surface area contributed by atoms with Crippen LogP contribution in [-0.4, -0.2) is 13.6 Å². The van der Waals surface area contributed by atoms with Crippen LogP contribution >= 0.6 is 0 Å². The van der Waals surface area contributed by atoms with Crippen LogP contribution in [0.4, 0.5) is 0 Å². The van der Waals surface area contributed by atoms with Gasteiger partial charge in [-0.3, -0.25) is 0 Å². The Balaban J connectivity index is 1.57. The molecule has 0 amide bonds. The van der Waals surface area contributed by atoms with Crippen LogP contribution in [0.1, 0.15) is 18.4 Å². The molecule has 0 aliphatic carbocycles. The lowest BCUT2D eigenvalue weighted by molar-refractivity contribution is 0.631. The Hall–Kier alpha value is -2.84. The first kappa shape index (κ1) is 16.6. The molecule has 0 saturated heterocycles. The number of hydrogen-bond acceptors (Lipinski definition) is 2. The Morgan fingerprint density at radius 3 is 2.08 bits per heavy atom. The Bertz CT molecular complexity index is 964. The van der Waals surface area contributed by atoms with Gasteiger partial charge in [-0.05, 0) is 41.8 Å². The van der Waals surface area contributed by atoms with Crippen LogP contribution < -0.4 is 5.32 Å². The zero-order valence-electron chi connectivity index (χ0n) is 15.2. The normalized spacial score (nSPS) is 12.4. The second-order valence-corrected chi connectivity index (χ2v) is 6.81. The summed E-state index contributed by atoms with van der Waals surface area (Å²) in [4.78, 5) is 0. The minimum absolute atomic E-state index is 0.518. The zero-order chi connectivity index (χ0) is 17.9. The first-order chi connectivity index (χ1) is 12.7. The number of likely N-dealkylation sites (N-methyl/N-ethyl adjacent to an activating group) is 1. The number of para-hydroxylation sites is 1. The van der Waals surface area contributed by atoms with Crippen LogP contribution in [0.3, 0.4) is 0 Å². The lowest BCUT2D eigenvalue weighted by Crippen LogP contribution is -2.14. The van der Waals surface area contributed by atoms with Gasteiger partial charge in [0.2, 0.25) is 0 Å². The summed E-state index contributed by atoms with van der Waals surface area (Å²) < 4.78 is 5.96. The van der Waals surface area contributed by atoms with Gasteiger partial charge < -0.3 is 9.73 Å². The molecule has 130 valence electrons. The number of benzene rings is 3.